The normalized spacial score (nSPS) is 13.3. The van der Waals surface area contributed by atoms with E-state index in [0.29, 0.717) is 21.2 Å². The van der Waals surface area contributed by atoms with E-state index in [1.807, 2.05) is 54.6 Å². The Morgan fingerprint density at radius 1 is 0.640 bits per heavy atom. The van der Waals surface area contributed by atoms with Crippen LogP contribution in [-0.2, 0) is 0 Å². The molecule has 0 heterocycles. The van der Waals surface area contributed by atoms with Crippen molar-refractivity contribution in [1.29, 1.82) is 0 Å². The Bertz CT molecular complexity index is 1020. The molecule has 0 aliphatic heterocycles. The van der Waals surface area contributed by atoms with Crippen LogP contribution in [0.25, 0.3) is 11.1 Å². The molecule has 0 unspecified atom stereocenters. The Labute approximate surface area is 164 Å². The van der Waals surface area contributed by atoms with Gasteiger partial charge in [0.05, 0.1) is 0 Å². The number of rotatable bonds is 2. The smallest absolute Gasteiger partial charge is 0.194 e. The molecule has 0 radical (unpaired) electrons. The maximum absolute atomic E-state index is 13.1. The first kappa shape index (κ1) is 16.6. The zero-order valence-corrected chi connectivity index (χ0v) is 16.0. The summed E-state index contributed by atoms with van der Waals surface area (Å²) < 4.78 is 0.933. The fourth-order valence-electron chi connectivity index (χ4n) is 3.11. The summed E-state index contributed by atoms with van der Waals surface area (Å²) in [7, 11) is 0. The van der Waals surface area contributed by atoms with Gasteiger partial charge in [-0.2, -0.15) is 0 Å². The lowest BCUT2D eigenvalue weighted by atomic mass is 9.94. The average molecular weight is 430 g/mol. The van der Waals surface area contributed by atoms with E-state index in [9.17, 15) is 4.79 Å². The lowest BCUT2D eigenvalue weighted by Gasteiger charge is -2.09. The first-order valence-electron chi connectivity index (χ1n) is 7.65. The fourth-order valence-corrected chi connectivity index (χ4v) is 3.73. The second kappa shape index (κ2) is 6.45. The zero-order valence-electron chi connectivity index (χ0n) is 12.9. The van der Waals surface area contributed by atoms with Gasteiger partial charge in [0.15, 0.2) is 5.78 Å². The van der Waals surface area contributed by atoms with E-state index in [2.05, 4.69) is 15.9 Å². The van der Waals surface area contributed by atoms with Crippen LogP contribution in [0.2, 0.25) is 10.0 Å². The monoisotopic (exact) mass is 428 g/mol. The molecule has 122 valence electrons. The van der Waals surface area contributed by atoms with Crippen molar-refractivity contribution in [2.24, 2.45) is 0 Å². The van der Waals surface area contributed by atoms with Crippen LogP contribution < -0.4 is 0 Å². The first-order chi connectivity index (χ1) is 12.0. The second-order valence-electron chi connectivity index (χ2n) is 5.78. The lowest BCUT2D eigenvalue weighted by Crippen LogP contribution is -1.98. The van der Waals surface area contributed by atoms with E-state index in [1.54, 1.807) is 12.1 Å². The molecule has 0 saturated carbocycles. The van der Waals surface area contributed by atoms with Gasteiger partial charge < -0.3 is 0 Å². The third-order valence-corrected chi connectivity index (χ3v) is 5.24. The Kier molecular flexibility index (Phi) is 4.28. The van der Waals surface area contributed by atoms with E-state index in [4.69, 9.17) is 23.2 Å². The van der Waals surface area contributed by atoms with E-state index < -0.39 is 0 Å². The van der Waals surface area contributed by atoms with Crippen LogP contribution in [0.5, 0.6) is 0 Å². The van der Waals surface area contributed by atoms with Gasteiger partial charge in [0.25, 0.3) is 0 Å². The number of allylic oxidation sites excluding steroid dienone is 1. The Hall–Kier alpha value is -1.87. The number of carbonyl (C=O) groups is 1. The van der Waals surface area contributed by atoms with Crippen LogP contribution in [0.4, 0.5) is 0 Å². The number of Topliss-reactive ketones (excluding diaryl/α,β-unsaturated/α-hetero) is 1. The number of carbonyl (C=O) groups excluding carboxylic acids is 1. The van der Waals surface area contributed by atoms with E-state index >= 15 is 0 Å². The van der Waals surface area contributed by atoms with Crippen molar-refractivity contribution in [1.82, 2.24) is 0 Å². The van der Waals surface area contributed by atoms with Crippen molar-refractivity contribution >= 4 is 56.1 Å². The van der Waals surface area contributed by atoms with Crippen molar-refractivity contribution in [3.63, 3.8) is 0 Å². The number of hydrogen-bond acceptors (Lipinski definition) is 1. The molecule has 0 N–H and O–H groups in total. The summed E-state index contributed by atoms with van der Waals surface area (Å²) in [5, 5.41) is 1.30. The maximum atomic E-state index is 13.1. The highest BCUT2D eigenvalue weighted by Crippen LogP contribution is 2.43. The third-order valence-electron chi connectivity index (χ3n) is 4.24. The summed E-state index contributed by atoms with van der Waals surface area (Å²) >= 11 is 15.6. The molecule has 0 spiro atoms. The van der Waals surface area contributed by atoms with Crippen molar-refractivity contribution in [3.05, 3.63) is 104 Å². The molecule has 0 aromatic heterocycles. The first-order valence-corrected chi connectivity index (χ1v) is 9.20. The van der Waals surface area contributed by atoms with Gasteiger partial charge >= 0.3 is 0 Å². The van der Waals surface area contributed by atoms with Crippen LogP contribution in [0.15, 0.2) is 71.2 Å². The maximum Gasteiger partial charge on any atom is 0.194 e. The van der Waals surface area contributed by atoms with Crippen molar-refractivity contribution in [3.8, 4) is 0 Å². The number of benzene rings is 3. The number of halogens is 3. The Balaban J connectivity index is 2.02. The third kappa shape index (κ3) is 2.95. The van der Waals surface area contributed by atoms with Gasteiger partial charge in [-0.1, -0.05) is 63.4 Å². The number of fused-ring (bicyclic) bond motifs is 1. The summed E-state index contributed by atoms with van der Waals surface area (Å²) in [6.07, 6.45) is 0. The van der Waals surface area contributed by atoms with Crippen molar-refractivity contribution in [2.75, 3.05) is 0 Å². The molecule has 0 amide bonds. The Morgan fingerprint density at radius 2 is 1.16 bits per heavy atom. The molecule has 1 nitrogen and oxygen atoms in total. The minimum atomic E-state index is 0.0229. The number of ketones is 1. The number of hydrogen-bond donors (Lipinski definition) is 0. The van der Waals surface area contributed by atoms with Crippen LogP contribution in [0.3, 0.4) is 0 Å². The molecule has 1 aliphatic rings. The Morgan fingerprint density at radius 3 is 1.72 bits per heavy atom. The quantitative estimate of drug-likeness (QED) is 0.432. The van der Waals surface area contributed by atoms with Crippen LogP contribution in [0.1, 0.15) is 27.0 Å². The predicted molar refractivity (Wildman–Crippen MR) is 107 cm³/mol. The minimum Gasteiger partial charge on any atom is -0.289 e. The molecular weight excluding hydrogens is 419 g/mol. The van der Waals surface area contributed by atoms with E-state index in [-0.39, 0.29) is 5.78 Å². The molecule has 1 aliphatic carbocycles. The molecule has 25 heavy (non-hydrogen) atoms. The molecule has 3 aromatic carbocycles. The van der Waals surface area contributed by atoms with Gasteiger partial charge in [0.2, 0.25) is 0 Å². The molecule has 0 atom stereocenters. The van der Waals surface area contributed by atoms with Gasteiger partial charge in [-0.15, -0.1) is 0 Å². The molecule has 4 rings (SSSR count). The zero-order chi connectivity index (χ0) is 17.6. The summed E-state index contributed by atoms with van der Waals surface area (Å²) in [6.45, 7) is 0. The summed E-state index contributed by atoms with van der Waals surface area (Å²) in [6, 6.07) is 20.7. The largest absolute Gasteiger partial charge is 0.289 e. The van der Waals surface area contributed by atoms with Gasteiger partial charge in [-0.25, -0.2) is 0 Å². The molecular formula is C21H11BrCl2O. The highest BCUT2D eigenvalue weighted by molar-refractivity contribution is 9.10. The molecule has 3 aromatic rings. The van der Waals surface area contributed by atoms with Crippen LogP contribution in [-0.4, -0.2) is 5.78 Å². The summed E-state index contributed by atoms with van der Waals surface area (Å²) in [5.74, 6) is 0.0229. The van der Waals surface area contributed by atoms with Crippen molar-refractivity contribution in [2.45, 2.75) is 0 Å². The van der Waals surface area contributed by atoms with Gasteiger partial charge in [0.1, 0.15) is 0 Å². The minimum absolute atomic E-state index is 0.0229. The lowest BCUT2D eigenvalue weighted by molar-refractivity contribution is 0.105. The highest BCUT2D eigenvalue weighted by Gasteiger charge is 2.31. The highest BCUT2D eigenvalue weighted by atomic mass is 79.9. The van der Waals surface area contributed by atoms with Crippen LogP contribution in [0, 0.1) is 0 Å². The van der Waals surface area contributed by atoms with Gasteiger partial charge in [0, 0.05) is 31.2 Å². The SMILES string of the molecule is O=C1C(c2ccc(Cl)cc2)=C(c2ccc(Cl)cc2)c2cc(Br)ccc21. The topological polar surface area (TPSA) is 17.1 Å². The molecule has 0 fully saturated rings. The summed E-state index contributed by atoms with van der Waals surface area (Å²) in [4.78, 5) is 13.1. The van der Waals surface area contributed by atoms with Gasteiger partial charge in [-0.05, 0) is 59.2 Å². The molecule has 4 heteroatoms. The predicted octanol–water partition coefficient (Wildman–Crippen LogP) is 6.91. The molecule has 0 bridgehead atoms. The van der Waals surface area contributed by atoms with E-state index in [1.165, 1.54) is 0 Å². The fraction of sp³-hybridized carbons (Fsp3) is 0. The molecule has 0 saturated heterocycles. The standard InChI is InChI=1S/C21H11BrCl2O/c22-14-5-10-17-18(11-14)19(12-1-6-15(23)7-2-12)20(21(17)25)13-3-8-16(24)9-4-13/h1-11H. The average Bonchev–Trinajstić information content (AvgIpc) is 2.88. The van der Waals surface area contributed by atoms with E-state index in [0.717, 1.165) is 26.7 Å². The van der Waals surface area contributed by atoms with Crippen LogP contribution >= 0.6 is 39.1 Å². The second-order valence-corrected chi connectivity index (χ2v) is 7.57. The van der Waals surface area contributed by atoms with Gasteiger partial charge in [-0.3, -0.25) is 4.79 Å². The summed E-state index contributed by atoms with van der Waals surface area (Å²) in [5.41, 5.74) is 5.04. The van der Waals surface area contributed by atoms with Crippen molar-refractivity contribution < 1.29 is 4.79 Å².